The van der Waals surface area contributed by atoms with Crippen LogP contribution in [0, 0.1) is 5.92 Å². The minimum absolute atomic E-state index is 0.168. The summed E-state index contributed by atoms with van der Waals surface area (Å²) in [6.07, 6.45) is 3.28. The standard InChI is InChI=1S/C13H28N2O/c1-4-15-7-5-13(6-8-15)14-10-11(2)9-12(3)16/h11-14,16H,4-10H2,1-3H3. The zero-order chi connectivity index (χ0) is 12.0. The number of piperidine rings is 1. The summed E-state index contributed by atoms with van der Waals surface area (Å²) in [6, 6.07) is 0.694. The highest BCUT2D eigenvalue weighted by molar-refractivity contribution is 4.77. The monoisotopic (exact) mass is 228 g/mol. The van der Waals surface area contributed by atoms with Crippen molar-refractivity contribution < 1.29 is 5.11 Å². The molecule has 0 bridgehead atoms. The van der Waals surface area contributed by atoms with Crippen molar-refractivity contribution in [1.82, 2.24) is 10.2 Å². The van der Waals surface area contributed by atoms with Gasteiger partial charge in [-0.2, -0.15) is 0 Å². The third-order valence-corrected chi connectivity index (χ3v) is 3.53. The normalized spacial score (nSPS) is 23.2. The molecule has 3 nitrogen and oxygen atoms in total. The van der Waals surface area contributed by atoms with Crippen molar-refractivity contribution in [2.24, 2.45) is 5.92 Å². The van der Waals surface area contributed by atoms with E-state index in [1.807, 2.05) is 6.92 Å². The molecule has 0 radical (unpaired) electrons. The number of hydrogen-bond acceptors (Lipinski definition) is 3. The van der Waals surface area contributed by atoms with E-state index in [0.29, 0.717) is 12.0 Å². The molecular formula is C13H28N2O. The smallest absolute Gasteiger partial charge is 0.0515 e. The van der Waals surface area contributed by atoms with Crippen LogP contribution in [0.3, 0.4) is 0 Å². The summed E-state index contributed by atoms with van der Waals surface area (Å²) in [4.78, 5) is 2.51. The van der Waals surface area contributed by atoms with E-state index < -0.39 is 0 Å². The second-order valence-electron chi connectivity index (χ2n) is 5.31. The van der Waals surface area contributed by atoms with Gasteiger partial charge in [0.25, 0.3) is 0 Å². The number of aliphatic hydroxyl groups excluding tert-OH is 1. The van der Waals surface area contributed by atoms with Gasteiger partial charge in [0.1, 0.15) is 0 Å². The van der Waals surface area contributed by atoms with Gasteiger partial charge in [0, 0.05) is 6.04 Å². The summed E-state index contributed by atoms with van der Waals surface area (Å²) in [5.74, 6) is 0.573. The summed E-state index contributed by atoms with van der Waals surface area (Å²) in [7, 11) is 0. The molecule has 96 valence electrons. The number of rotatable bonds is 6. The Bertz CT molecular complexity index is 177. The van der Waals surface area contributed by atoms with Crippen LogP contribution in [0.2, 0.25) is 0 Å². The highest BCUT2D eigenvalue weighted by Gasteiger charge is 2.18. The Morgan fingerprint density at radius 3 is 2.44 bits per heavy atom. The van der Waals surface area contributed by atoms with Crippen molar-refractivity contribution in [3.63, 3.8) is 0 Å². The molecule has 0 aromatic carbocycles. The Hall–Kier alpha value is -0.120. The van der Waals surface area contributed by atoms with Gasteiger partial charge < -0.3 is 15.3 Å². The molecule has 0 amide bonds. The van der Waals surface area contributed by atoms with Crippen LogP contribution in [0.15, 0.2) is 0 Å². The lowest BCUT2D eigenvalue weighted by atomic mass is 10.0. The number of nitrogens with zero attached hydrogens (tertiary/aromatic N) is 1. The van der Waals surface area contributed by atoms with E-state index >= 15 is 0 Å². The molecule has 16 heavy (non-hydrogen) atoms. The molecule has 0 aromatic heterocycles. The Morgan fingerprint density at radius 2 is 1.94 bits per heavy atom. The van der Waals surface area contributed by atoms with Gasteiger partial charge in [-0.1, -0.05) is 13.8 Å². The minimum atomic E-state index is -0.168. The second-order valence-corrected chi connectivity index (χ2v) is 5.31. The van der Waals surface area contributed by atoms with Gasteiger partial charge in [-0.25, -0.2) is 0 Å². The number of hydrogen-bond donors (Lipinski definition) is 2. The van der Waals surface area contributed by atoms with Crippen LogP contribution in [0.4, 0.5) is 0 Å². The molecule has 2 unspecified atom stereocenters. The van der Waals surface area contributed by atoms with Gasteiger partial charge in [-0.05, 0) is 58.3 Å². The third-order valence-electron chi connectivity index (χ3n) is 3.53. The Balaban J connectivity index is 2.10. The fourth-order valence-electron chi connectivity index (χ4n) is 2.49. The number of likely N-dealkylation sites (tertiary alicyclic amines) is 1. The molecule has 1 rings (SSSR count). The van der Waals surface area contributed by atoms with Crippen molar-refractivity contribution in [2.75, 3.05) is 26.2 Å². The molecule has 0 aromatic rings. The first-order valence-electron chi connectivity index (χ1n) is 6.75. The fourth-order valence-corrected chi connectivity index (χ4v) is 2.49. The number of aliphatic hydroxyl groups is 1. The lowest BCUT2D eigenvalue weighted by Gasteiger charge is -2.32. The molecule has 3 heteroatoms. The van der Waals surface area contributed by atoms with E-state index in [2.05, 4.69) is 24.1 Å². The summed E-state index contributed by atoms with van der Waals surface area (Å²) in [5.41, 5.74) is 0. The first kappa shape index (κ1) is 13.9. The molecule has 0 aliphatic carbocycles. The highest BCUT2D eigenvalue weighted by atomic mass is 16.3. The molecule has 1 fully saturated rings. The highest BCUT2D eigenvalue weighted by Crippen LogP contribution is 2.11. The molecule has 1 aliphatic heterocycles. The SMILES string of the molecule is CCN1CCC(NCC(C)CC(C)O)CC1. The summed E-state index contributed by atoms with van der Waals surface area (Å²) >= 11 is 0. The van der Waals surface area contributed by atoms with Gasteiger partial charge in [0.15, 0.2) is 0 Å². The third kappa shape index (κ3) is 5.28. The van der Waals surface area contributed by atoms with E-state index in [1.54, 1.807) is 0 Å². The molecule has 1 aliphatic rings. The zero-order valence-electron chi connectivity index (χ0n) is 11.1. The van der Waals surface area contributed by atoms with Crippen molar-refractivity contribution in [3.8, 4) is 0 Å². The first-order valence-corrected chi connectivity index (χ1v) is 6.75. The minimum Gasteiger partial charge on any atom is -0.393 e. The average Bonchev–Trinajstić information content (AvgIpc) is 2.26. The molecule has 0 saturated carbocycles. The van der Waals surface area contributed by atoms with Gasteiger partial charge in [-0.15, -0.1) is 0 Å². The van der Waals surface area contributed by atoms with Crippen molar-refractivity contribution in [2.45, 2.75) is 52.2 Å². The molecule has 2 atom stereocenters. The van der Waals surface area contributed by atoms with Crippen LogP contribution in [-0.4, -0.2) is 48.3 Å². The maximum absolute atomic E-state index is 9.29. The summed E-state index contributed by atoms with van der Waals surface area (Å²) in [6.45, 7) is 11.0. The zero-order valence-corrected chi connectivity index (χ0v) is 11.1. The Kier molecular flexibility index (Phi) is 6.32. The number of nitrogens with one attached hydrogen (secondary N) is 1. The van der Waals surface area contributed by atoms with Crippen LogP contribution in [-0.2, 0) is 0 Å². The van der Waals surface area contributed by atoms with Gasteiger partial charge >= 0.3 is 0 Å². The first-order chi connectivity index (χ1) is 7.61. The van der Waals surface area contributed by atoms with E-state index in [9.17, 15) is 5.11 Å². The average molecular weight is 228 g/mol. The van der Waals surface area contributed by atoms with Crippen molar-refractivity contribution in [1.29, 1.82) is 0 Å². The van der Waals surface area contributed by atoms with Crippen LogP contribution in [0.1, 0.15) is 40.0 Å². The Labute approximate surface area is 100 Å². The largest absolute Gasteiger partial charge is 0.393 e. The fraction of sp³-hybridized carbons (Fsp3) is 1.00. The summed E-state index contributed by atoms with van der Waals surface area (Å²) < 4.78 is 0. The lowest BCUT2D eigenvalue weighted by molar-refractivity contribution is 0.158. The van der Waals surface area contributed by atoms with Gasteiger partial charge in [-0.3, -0.25) is 0 Å². The second kappa shape index (κ2) is 7.25. The van der Waals surface area contributed by atoms with Crippen molar-refractivity contribution >= 4 is 0 Å². The maximum Gasteiger partial charge on any atom is 0.0515 e. The predicted molar refractivity (Wildman–Crippen MR) is 68.6 cm³/mol. The molecule has 1 saturated heterocycles. The molecule has 0 spiro atoms. The van der Waals surface area contributed by atoms with Crippen LogP contribution >= 0.6 is 0 Å². The summed E-state index contributed by atoms with van der Waals surface area (Å²) in [5, 5.41) is 12.9. The quantitative estimate of drug-likeness (QED) is 0.722. The van der Waals surface area contributed by atoms with Gasteiger partial charge in [0.2, 0.25) is 0 Å². The molecular weight excluding hydrogens is 200 g/mol. The predicted octanol–water partition coefficient (Wildman–Crippen LogP) is 1.47. The van der Waals surface area contributed by atoms with E-state index in [-0.39, 0.29) is 6.10 Å². The van der Waals surface area contributed by atoms with Gasteiger partial charge in [0.05, 0.1) is 6.10 Å². The lowest BCUT2D eigenvalue weighted by Crippen LogP contribution is -2.43. The van der Waals surface area contributed by atoms with E-state index in [1.165, 1.54) is 32.5 Å². The van der Waals surface area contributed by atoms with Crippen molar-refractivity contribution in [3.05, 3.63) is 0 Å². The molecule has 2 N–H and O–H groups in total. The topological polar surface area (TPSA) is 35.5 Å². The van der Waals surface area contributed by atoms with Crippen LogP contribution in [0.25, 0.3) is 0 Å². The van der Waals surface area contributed by atoms with Crippen LogP contribution in [0.5, 0.6) is 0 Å². The van der Waals surface area contributed by atoms with Crippen LogP contribution < -0.4 is 5.32 Å². The van der Waals surface area contributed by atoms with E-state index in [4.69, 9.17) is 0 Å². The maximum atomic E-state index is 9.29. The Morgan fingerprint density at radius 1 is 1.31 bits per heavy atom. The molecule has 1 heterocycles. The van der Waals surface area contributed by atoms with E-state index in [0.717, 1.165) is 13.0 Å².